The number of pyridine rings is 1. The summed E-state index contributed by atoms with van der Waals surface area (Å²) in [4.78, 5) is 49.6. The van der Waals surface area contributed by atoms with E-state index in [2.05, 4.69) is 15.3 Å². The predicted octanol–water partition coefficient (Wildman–Crippen LogP) is 4.43. The zero-order valence-electron chi connectivity index (χ0n) is 20.5. The number of anilines is 1. The number of carbonyl (C=O) groups excluding carboxylic acids is 3. The van der Waals surface area contributed by atoms with Crippen LogP contribution >= 0.6 is 11.3 Å². The molecule has 1 N–H and O–H groups in total. The lowest BCUT2D eigenvalue weighted by Crippen LogP contribution is -2.51. The molecule has 1 saturated heterocycles. The van der Waals surface area contributed by atoms with E-state index in [1.54, 1.807) is 30.6 Å². The number of thiazole rings is 1. The molecule has 4 rings (SSSR count). The molecule has 9 nitrogen and oxygen atoms in total. The summed E-state index contributed by atoms with van der Waals surface area (Å²) in [7, 11) is 0. The Hall–Kier alpha value is -3.93. The van der Waals surface area contributed by atoms with E-state index >= 15 is 0 Å². The van der Waals surface area contributed by atoms with E-state index in [-0.39, 0.29) is 46.5 Å². The highest BCUT2D eigenvalue weighted by molar-refractivity contribution is 7.13. The minimum absolute atomic E-state index is 0.0195. The van der Waals surface area contributed by atoms with Crippen LogP contribution in [0.2, 0.25) is 0 Å². The maximum atomic E-state index is 14.1. The molecule has 1 aliphatic rings. The van der Waals surface area contributed by atoms with E-state index < -0.39 is 29.2 Å². The first-order valence-electron chi connectivity index (χ1n) is 11.5. The van der Waals surface area contributed by atoms with Crippen molar-refractivity contribution in [2.45, 2.75) is 26.4 Å². The molecule has 0 aliphatic carbocycles. The van der Waals surface area contributed by atoms with Crippen LogP contribution in [-0.4, -0.2) is 69.5 Å². The number of halogens is 2. The van der Waals surface area contributed by atoms with Crippen LogP contribution in [-0.2, 0) is 4.74 Å². The molecule has 3 aromatic rings. The van der Waals surface area contributed by atoms with Crippen molar-refractivity contribution in [3.8, 4) is 10.6 Å². The predicted molar refractivity (Wildman–Crippen MR) is 133 cm³/mol. The van der Waals surface area contributed by atoms with Crippen LogP contribution in [0.3, 0.4) is 0 Å². The highest BCUT2D eigenvalue weighted by Crippen LogP contribution is 2.29. The lowest BCUT2D eigenvalue weighted by atomic mass is 10.1. The summed E-state index contributed by atoms with van der Waals surface area (Å²) in [6.45, 7) is 6.55. The molecule has 0 radical (unpaired) electrons. The smallest absolute Gasteiger partial charge is 0.410 e. The third-order valence-electron chi connectivity index (χ3n) is 5.43. The van der Waals surface area contributed by atoms with Crippen molar-refractivity contribution in [3.05, 3.63) is 64.9 Å². The molecule has 0 unspecified atom stereocenters. The normalized spacial score (nSPS) is 13.9. The number of hydrogen-bond acceptors (Lipinski definition) is 7. The Labute approximate surface area is 216 Å². The molecule has 0 bridgehead atoms. The Bertz CT molecular complexity index is 1310. The number of rotatable bonds is 4. The first-order chi connectivity index (χ1) is 17.5. The van der Waals surface area contributed by atoms with Crippen molar-refractivity contribution in [1.29, 1.82) is 0 Å². The number of benzene rings is 1. The highest BCUT2D eigenvalue weighted by atomic mass is 32.1. The van der Waals surface area contributed by atoms with Crippen LogP contribution in [0.4, 0.5) is 19.3 Å². The van der Waals surface area contributed by atoms with Crippen molar-refractivity contribution in [2.24, 2.45) is 0 Å². The van der Waals surface area contributed by atoms with Gasteiger partial charge in [-0.3, -0.25) is 14.6 Å². The molecule has 3 heterocycles. The van der Waals surface area contributed by atoms with E-state index in [4.69, 9.17) is 4.74 Å². The van der Waals surface area contributed by atoms with Gasteiger partial charge in [-0.1, -0.05) is 6.07 Å². The summed E-state index contributed by atoms with van der Waals surface area (Å²) >= 11 is 0.924. The van der Waals surface area contributed by atoms with Crippen LogP contribution in [0.15, 0.2) is 42.0 Å². The number of amides is 3. The van der Waals surface area contributed by atoms with Crippen LogP contribution in [0.1, 0.15) is 41.6 Å². The molecule has 0 saturated carbocycles. The molecule has 0 atom stereocenters. The van der Waals surface area contributed by atoms with E-state index in [0.717, 1.165) is 23.5 Å². The number of hydrogen-bond donors (Lipinski definition) is 1. The Balaban J connectivity index is 1.44. The van der Waals surface area contributed by atoms with Gasteiger partial charge in [-0.2, -0.15) is 0 Å². The number of carbonyl (C=O) groups is 3. The molecule has 12 heteroatoms. The van der Waals surface area contributed by atoms with Crippen molar-refractivity contribution in [3.63, 3.8) is 0 Å². The lowest BCUT2D eigenvalue weighted by molar-refractivity contribution is 0.0141. The Morgan fingerprint density at radius 1 is 1.03 bits per heavy atom. The SMILES string of the molecule is CC(C)(C)OC(=O)N1CCN(C(=O)c2ccncc2NC(=O)c2csc(-c3c(F)cccc3F)n2)CC1. The molecule has 37 heavy (non-hydrogen) atoms. The van der Waals surface area contributed by atoms with Crippen molar-refractivity contribution >= 4 is 34.9 Å². The summed E-state index contributed by atoms with van der Waals surface area (Å²) in [5.41, 5.74) is -0.607. The maximum absolute atomic E-state index is 14.1. The number of nitrogens with zero attached hydrogens (tertiary/aromatic N) is 4. The van der Waals surface area contributed by atoms with Gasteiger partial charge in [0, 0.05) is 37.8 Å². The van der Waals surface area contributed by atoms with Gasteiger partial charge in [0.15, 0.2) is 0 Å². The summed E-state index contributed by atoms with van der Waals surface area (Å²) in [5, 5.41) is 4.02. The van der Waals surface area contributed by atoms with Gasteiger partial charge in [0.25, 0.3) is 11.8 Å². The minimum Gasteiger partial charge on any atom is -0.444 e. The highest BCUT2D eigenvalue weighted by Gasteiger charge is 2.29. The number of piperazine rings is 1. The fourth-order valence-electron chi connectivity index (χ4n) is 3.65. The number of ether oxygens (including phenoxy) is 1. The summed E-state index contributed by atoms with van der Waals surface area (Å²) in [6.07, 6.45) is 2.34. The van der Waals surface area contributed by atoms with Gasteiger partial charge < -0.3 is 19.9 Å². The van der Waals surface area contributed by atoms with Crippen LogP contribution in [0.25, 0.3) is 10.6 Å². The largest absolute Gasteiger partial charge is 0.444 e. The second-order valence-electron chi connectivity index (χ2n) is 9.27. The summed E-state index contributed by atoms with van der Waals surface area (Å²) in [5.74, 6) is -2.56. The third-order valence-corrected chi connectivity index (χ3v) is 6.29. The van der Waals surface area contributed by atoms with Gasteiger partial charge in [-0.15, -0.1) is 11.3 Å². The molecule has 3 amide bonds. The van der Waals surface area contributed by atoms with E-state index in [1.165, 1.54) is 29.9 Å². The Kier molecular flexibility index (Phi) is 7.48. The zero-order valence-corrected chi connectivity index (χ0v) is 21.3. The second kappa shape index (κ2) is 10.6. The molecular formula is C25H25F2N5O4S. The molecular weight excluding hydrogens is 504 g/mol. The monoisotopic (exact) mass is 529 g/mol. The average Bonchev–Trinajstić information content (AvgIpc) is 3.33. The fraction of sp³-hybridized carbons (Fsp3) is 0.320. The maximum Gasteiger partial charge on any atom is 0.410 e. The van der Waals surface area contributed by atoms with Gasteiger partial charge in [0.2, 0.25) is 0 Å². The van der Waals surface area contributed by atoms with Crippen LogP contribution in [0.5, 0.6) is 0 Å². The topological polar surface area (TPSA) is 105 Å². The molecule has 1 aliphatic heterocycles. The Morgan fingerprint density at radius 2 is 1.68 bits per heavy atom. The number of nitrogens with one attached hydrogen (secondary N) is 1. The third kappa shape index (κ3) is 6.08. The van der Waals surface area contributed by atoms with Crippen molar-refractivity contribution < 1.29 is 27.9 Å². The molecule has 0 spiro atoms. The first-order valence-corrected chi connectivity index (χ1v) is 12.3. The molecule has 194 valence electrons. The molecule has 1 fully saturated rings. The zero-order chi connectivity index (χ0) is 26.7. The van der Waals surface area contributed by atoms with Crippen LogP contribution < -0.4 is 5.32 Å². The van der Waals surface area contributed by atoms with E-state index in [0.29, 0.717) is 13.1 Å². The van der Waals surface area contributed by atoms with Gasteiger partial charge in [-0.25, -0.2) is 18.6 Å². The minimum atomic E-state index is -0.784. The van der Waals surface area contributed by atoms with Gasteiger partial charge in [-0.05, 0) is 39.0 Å². The van der Waals surface area contributed by atoms with E-state index in [1.807, 2.05) is 0 Å². The van der Waals surface area contributed by atoms with Gasteiger partial charge in [0.05, 0.1) is 23.0 Å². The van der Waals surface area contributed by atoms with Gasteiger partial charge >= 0.3 is 6.09 Å². The quantitative estimate of drug-likeness (QED) is 0.536. The molecule has 2 aromatic heterocycles. The Morgan fingerprint density at radius 3 is 2.32 bits per heavy atom. The summed E-state index contributed by atoms with van der Waals surface area (Å²) < 4.78 is 33.6. The number of aromatic nitrogens is 2. The second-order valence-corrected chi connectivity index (χ2v) is 10.1. The van der Waals surface area contributed by atoms with Gasteiger partial charge in [0.1, 0.15) is 27.9 Å². The standard InChI is InChI=1S/C25H25F2N5O4S/c1-25(2,3)36-24(35)32-11-9-31(10-12-32)23(34)15-7-8-28-13-18(15)29-21(33)19-14-37-22(30-19)20-16(26)5-4-6-17(20)27/h4-8,13-14H,9-12H2,1-3H3,(H,29,33). The molecule has 1 aromatic carbocycles. The van der Waals surface area contributed by atoms with E-state index in [9.17, 15) is 23.2 Å². The van der Waals surface area contributed by atoms with Crippen molar-refractivity contribution in [2.75, 3.05) is 31.5 Å². The first kappa shape index (κ1) is 26.1. The fourth-order valence-corrected chi connectivity index (χ4v) is 4.50. The summed E-state index contributed by atoms with van der Waals surface area (Å²) in [6, 6.07) is 4.95. The van der Waals surface area contributed by atoms with Crippen molar-refractivity contribution in [1.82, 2.24) is 19.8 Å². The lowest BCUT2D eigenvalue weighted by Gasteiger charge is -2.35. The van der Waals surface area contributed by atoms with Crippen LogP contribution in [0, 0.1) is 11.6 Å². The average molecular weight is 530 g/mol.